The second-order valence-electron chi connectivity index (χ2n) is 1.89. The van der Waals surface area contributed by atoms with E-state index >= 15 is 0 Å². The second-order valence-corrected chi connectivity index (χ2v) is 2.64. The molecule has 2 rings (SSSR count). The molecule has 0 N–H and O–H groups in total. The number of hydrogen-bond acceptors (Lipinski definition) is 3. The molecule has 2 aromatic rings. The van der Waals surface area contributed by atoms with Gasteiger partial charge in [-0.15, -0.1) is 0 Å². The Morgan fingerprint density at radius 1 is 1.70 bits per heavy atom. The highest BCUT2D eigenvalue weighted by Gasteiger charge is 1.98. The largest absolute Gasteiger partial charge is 0.244 e. The maximum absolute atomic E-state index is 7.22. The molecule has 2 heterocycles. The first-order valence-electron chi connectivity index (χ1n) is 4.30. The summed E-state index contributed by atoms with van der Waals surface area (Å²) in [5.74, 6) is 0. The molecule has 0 aromatic carbocycles. The maximum atomic E-state index is 7.22. The Hall–Kier alpha value is -0.960. The third-order valence-electron chi connectivity index (χ3n) is 1.25. The molecular weight excluding hydrogens is 144 g/mol. The van der Waals surface area contributed by atoms with Crippen LogP contribution in [0.5, 0.6) is 0 Å². The van der Waals surface area contributed by atoms with Crippen LogP contribution in [0.15, 0.2) is 18.3 Å². The minimum atomic E-state index is -2.14. The van der Waals surface area contributed by atoms with Crippen LogP contribution >= 0.6 is 11.5 Å². The number of hydrogen-bond donors (Lipinski definition) is 0. The van der Waals surface area contributed by atoms with Gasteiger partial charge in [0, 0.05) is 15.7 Å². The fourth-order valence-corrected chi connectivity index (χ4v) is 1.43. The van der Waals surface area contributed by atoms with Crippen molar-refractivity contribution in [1.82, 2.24) is 9.36 Å². The zero-order valence-corrected chi connectivity index (χ0v) is 5.85. The van der Waals surface area contributed by atoms with Gasteiger partial charge in [-0.2, -0.15) is 4.37 Å². The number of fused-ring (bicyclic) bond motifs is 1. The lowest BCUT2D eigenvalue weighted by molar-refractivity contribution is 1.37. The molecular formula is C7H6N2S. The molecule has 0 fully saturated rings. The molecule has 0 atom stereocenters. The van der Waals surface area contributed by atoms with E-state index in [2.05, 4.69) is 9.36 Å². The van der Waals surface area contributed by atoms with Crippen molar-refractivity contribution < 1.29 is 4.11 Å². The smallest absolute Gasteiger partial charge is 0.143 e. The first kappa shape index (κ1) is 3.44. The van der Waals surface area contributed by atoms with E-state index in [1.807, 2.05) is 0 Å². The van der Waals surface area contributed by atoms with E-state index in [1.165, 1.54) is 0 Å². The van der Waals surface area contributed by atoms with E-state index < -0.39 is 6.85 Å². The highest BCUT2D eigenvalue weighted by molar-refractivity contribution is 7.12. The lowest BCUT2D eigenvalue weighted by Crippen LogP contribution is -1.70. The predicted molar refractivity (Wildman–Crippen MR) is 42.2 cm³/mol. The Kier molecular flexibility index (Phi) is 0.695. The van der Waals surface area contributed by atoms with Crippen molar-refractivity contribution in [3.05, 3.63) is 24.0 Å². The molecule has 3 heteroatoms. The molecule has 0 bridgehead atoms. The van der Waals surface area contributed by atoms with Gasteiger partial charge < -0.3 is 0 Å². The lowest BCUT2D eigenvalue weighted by Gasteiger charge is -1.83. The molecule has 0 unspecified atom stereocenters. The van der Waals surface area contributed by atoms with Crippen LogP contribution < -0.4 is 0 Å². The minimum absolute atomic E-state index is 0.153. The summed E-state index contributed by atoms with van der Waals surface area (Å²) in [6.07, 6.45) is 1.63. The zero-order chi connectivity index (χ0) is 9.47. The van der Waals surface area contributed by atoms with Crippen LogP contribution in [0.1, 0.15) is 9.81 Å². The van der Waals surface area contributed by atoms with Crippen LogP contribution in [0.2, 0.25) is 0 Å². The zero-order valence-electron chi connectivity index (χ0n) is 8.03. The monoisotopic (exact) mass is 153 g/mol. The number of rotatable bonds is 0. The average Bonchev–Trinajstić information content (AvgIpc) is 2.45. The topological polar surface area (TPSA) is 25.8 Å². The fraction of sp³-hybridized carbons (Fsp3) is 0.143. The first-order chi connectivity index (χ1) is 6.09. The SMILES string of the molecule is [2H]C([2H])([2H])c1nsc2ncccc12. The molecule has 2 aromatic heterocycles. The first-order valence-corrected chi connectivity index (χ1v) is 3.57. The summed E-state index contributed by atoms with van der Waals surface area (Å²) in [5.41, 5.74) is 0.153. The Morgan fingerprint density at radius 3 is 3.60 bits per heavy atom. The van der Waals surface area contributed by atoms with Gasteiger partial charge in [0.25, 0.3) is 0 Å². The van der Waals surface area contributed by atoms with Crippen LogP contribution in [0.25, 0.3) is 10.2 Å². The van der Waals surface area contributed by atoms with Crippen LogP contribution in [-0.2, 0) is 0 Å². The summed E-state index contributed by atoms with van der Waals surface area (Å²) in [5, 5.41) is 0.632. The number of pyridine rings is 1. The molecule has 0 spiro atoms. The van der Waals surface area contributed by atoms with Gasteiger partial charge in [0.05, 0.1) is 5.69 Å². The summed E-state index contributed by atoms with van der Waals surface area (Å²) < 4.78 is 25.5. The molecule has 0 radical (unpaired) electrons. The van der Waals surface area contributed by atoms with Gasteiger partial charge in [-0.25, -0.2) is 4.98 Å². The number of aryl methyl sites for hydroxylation is 1. The van der Waals surface area contributed by atoms with E-state index in [0.29, 0.717) is 10.2 Å². The van der Waals surface area contributed by atoms with Crippen LogP contribution in [0.3, 0.4) is 0 Å². The standard InChI is InChI=1S/C7H6N2S/c1-5-6-3-2-4-8-7(6)10-9-5/h2-4H,1H3/i1D3. The Balaban J connectivity index is 2.72. The third kappa shape index (κ3) is 0.708. The van der Waals surface area contributed by atoms with E-state index in [-0.39, 0.29) is 5.69 Å². The molecule has 0 aliphatic carbocycles. The van der Waals surface area contributed by atoms with Gasteiger partial charge in [-0.05, 0) is 30.5 Å². The van der Waals surface area contributed by atoms with Crippen LogP contribution in [0.4, 0.5) is 0 Å². The van der Waals surface area contributed by atoms with Crippen molar-refractivity contribution >= 4 is 21.7 Å². The van der Waals surface area contributed by atoms with Crippen molar-refractivity contribution in [3.8, 4) is 0 Å². The van der Waals surface area contributed by atoms with Gasteiger partial charge in [0.1, 0.15) is 4.83 Å². The van der Waals surface area contributed by atoms with Crippen LogP contribution in [-0.4, -0.2) is 9.36 Å². The molecule has 0 aliphatic heterocycles. The van der Waals surface area contributed by atoms with Crippen molar-refractivity contribution in [3.63, 3.8) is 0 Å². The summed E-state index contributed by atoms with van der Waals surface area (Å²) in [7, 11) is 0. The molecule has 0 aliphatic rings. The number of nitrogens with zero attached hydrogens (tertiary/aromatic N) is 2. The van der Waals surface area contributed by atoms with Gasteiger partial charge in [0.15, 0.2) is 0 Å². The second kappa shape index (κ2) is 2.02. The van der Waals surface area contributed by atoms with Gasteiger partial charge in [-0.1, -0.05) is 0 Å². The Labute approximate surface area is 66.9 Å². The normalized spacial score (nSPS) is 16.2. The highest BCUT2D eigenvalue weighted by atomic mass is 32.1. The van der Waals surface area contributed by atoms with Gasteiger partial charge in [0.2, 0.25) is 0 Å². The van der Waals surface area contributed by atoms with E-state index in [4.69, 9.17) is 4.11 Å². The predicted octanol–water partition coefficient (Wildman–Crippen LogP) is 2.00. The molecule has 0 saturated heterocycles. The summed E-state index contributed by atoms with van der Waals surface area (Å²) in [6, 6.07) is 3.44. The third-order valence-corrected chi connectivity index (χ3v) is 2.02. The van der Waals surface area contributed by atoms with Gasteiger partial charge >= 0.3 is 0 Å². The summed E-state index contributed by atoms with van der Waals surface area (Å²) >= 11 is 1.12. The fourth-order valence-electron chi connectivity index (χ4n) is 0.782. The van der Waals surface area contributed by atoms with E-state index in [9.17, 15) is 0 Å². The van der Waals surface area contributed by atoms with E-state index in [1.54, 1.807) is 18.3 Å². The highest BCUT2D eigenvalue weighted by Crippen LogP contribution is 2.18. The molecule has 10 heavy (non-hydrogen) atoms. The quantitative estimate of drug-likeness (QED) is 0.578. The van der Waals surface area contributed by atoms with E-state index in [0.717, 1.165) is 11.5 Å². The lowest BCUT2D eigenvalue weighted by atomic mass is 10.3. The molecule has 0 saturated carbocycles. The minimum Gasteiger partial charge on any atom is -0.244 e. The number of aromatic nitrogens is 2. The summed E-state index contributed by atoms with van der Waals surface area (Å²) in [4.78, 5) is 4.70. The average molecular weight is 153 g/mol. The molecule has 0 amide bonds. The molecule has 2 nitrogen and oxygen atoms in total. The van der Waals surface area contributed by atoms with Gasteiger partial charge in [-0.3, -0.25) is 0 Å². The van der Waals surface area contributed by atoms with Crippen molar-refractivity contribution in [2.24, 2.45) is 0 Å². The van der Waals surface area contributed by atoms with Crippen LogP contribution in [0, 0.1) is 6.85 Å². The van der Waals surface area contributed by atoms with Crippen molar-refractivity contribution in [1.29, 1.82) is 0 Å². The van der Waals surface area contributed by atoms with Crippen molar-refractivity contribution in [2.75, 3.05) is 0 Å². The molecule has 50 valence electrons. The summed E-state index contributed by atoms with van der Waals surface area (Å²) in [6.45, 7) is -2.14. The van der Waals surface area contributed by atoms with Crippen molar-refractivity contribution in [2.45, 2.75) is 6.85 Å². The maximum Gasteiger partial charge on any atom is 0.143 e. The Bertz CT molecular complexity index is 434. The Morgan fingerprint density at radius 2 is 2.70 bits per heavy atom.